The van der Waals surface area contributed by atoms with Gasteiger partial charge < -0.3 is 15.2 Å². The first kappa shape index (κ1) is 24.1. The SMILES string of the molecule is CCOC(=O)C(CCc1ccccc1)N[C@H](Cc1ccccc1)C(=O)N[C@@H](C)C(=O)O. The van der Waals surface area contributed by atoms with Gasteiger partial charge in [0, 0.05) is 0 Å². The van der Waals surface area contributed by atoms with E-state index < -0.39 is 36.0 Å². The number of amides is 1. The van der Waals surface area contributed by atoms with Gasteiger partial charge in [-0.25, -0.2) is 0 Å². The van der Waals surface area contributed by atoms with Gasteiger partial charge in [-0.3, -0.25) is 19.7 Å². The fourth-order valence-electron chi connectivity index (χ4n) is 3.16. The van der Waals surface area contributed by atoms with E-state index in [2.05, 4.69) is 10.6 Å². The molecule has 2 aromatic carbocycles. The highest BCUT2D eigenvalue weighted by Gasteiger charge is 2.29. The zero-order valence-corrected chi connectivity index (χ0v) is 17.9. The van der Waals surface area contributed by atoms with E-state index in [4.69, 9.17) is 9.84 Å². The lowest BCUT2D eigenvalue weighted by molar-refractivity contribution is -0.146. The van der Waals surface area contributed by atoms with Crippen molar-refractivity contribution in [1.82, 2.24) is 10.6 Å². The molecule has 0 spiro atoms. The molecule has 166 valence electrons. The lowest BCUT2D eigenvalue weighted by atomic mass is 10.0. The highest BCUT2D eigenvalue weighted by Crippen LogP contribution is 2.10. The molecule has 1 amide bonds. The maximum absolute atomic E-state index is 12.9. The van der Waals surface area contributed by atoms with E-state index in [9.17, 15) is 14.4 Å². The van der Waals surface area contributed by atoms with E-state index in [-0.39, 0.29) is 6.61 Å². The molecular weight excluding hydrogens is 396 g/mol. The summed E-state index contributed by atoms with van der Waals surface area (Å²) in [5.74, 6) is -2.04. The number of carboxylic acids is 1. The fourth-order valence-corrected chi connectivity index (χ4v) is 3.16. The monoisotopic (exact) mass is 426 g/mol. The minimum Gasteiger partial charge on any atom is -0.480 e. The van der Waals surface area contributed by atoms with Crippen molar-refractivity contribution in [2.75, 3.05) is 6.61 Å². The number of esters is 1. The Balaban J connectivity index is 2.18. The topological polar surface area (TPSA) is 105 Å². The summed E-state index contributed by atoms with van der Waals surface area (Å²) in [6, 6.07) is 16.6. The number of hydrogen-bond acceptors (Lipinski definition) is 5. The molecule has 0 aliphatic carbocycles. The lowest BCUT2D eigenvalue weighted by Gasteiger charge is -2.25. The molecule has 0 aliphatic heterocycles. The summed E-state index contributed by atoms with van der Waals surface area (Å²) in [6.45, 7) is 3.36. The number of carbonyl (C=O) groups excluding carboxylic acids is 2. The van der Waals surface area contributed by atoms with Gasteiger partial charge in [-0.05, 0) is 44.2 Å². The first-order valence-electron chi connectivity index (χ1n) is 10.4. The van der Waals surface area contributed by atoms with E-state index in [1.807, 2.05) is 60.7 Å². The molecule has 0 bridgehead atoms. The Bertz CT molecular complexity index is 842. The molecule has 31 heavy (non-hydrogen) atoms. The Morgan fingerprint density at radius 1 is 0.935 bits per heavy atom. The van der Waals surface area contributed by atoms with Gasteiger partial charge in [-0.2, -0.15) is 0 Å². The van der Waals surface area contributed by atoms with Gasteiger partial charge in [0.2, 0.25) is 5.91 Å². The van der Waals surface area contributed by atoms with Crippen LogP contribution in [0.3, 0.4) is 0 Å². The van der Waals surface area contributed by atoms with Crippen LogP contribution in [0.1, 0.15) is 31.4 Å². The van der Waals surface area contributed by atoms with Crippen molar-refractivity contribution in [3.8, 4) is 0 Å². The van der Waals surface area contributed by atoms with Gasteiger partial charge in [0.1, 0.15) is 12.1 Å². The van der Waals surface area contributed by atoms with Crippen molar-refractivity contribution in [2.45, 2.75) is 51.2 Å². The van der Waals surface area contributed by atoms with E-state index >= 15 is 0 Å². The predicted molar refractivity (Wildman–Crippen MR) is 117 cm³/mol. The van der Waals surface area contributed by atoms with E-state index in [1.165, 1.54) is 6.92 Å². The molecule has 2 rings (SSSR count). The van der Waals surface area contributed by atoms with Gasteiger partial charge in [0.05, 0.1) is 12.6 Å². The highest BCUT2D eigenvalue weighted by molar-refractivity contribution is 5.87. The van der Waals surface area contributed by atoms with Crippen LogP contribution in [0.25, 0.3) is 0 Å². The number of carboxylic acid groups (broad SMARTS) is 1. The number of aryl methyl sites for hydroxylation is 1. The van der Waals surface area contributed by atoms with Crippen LogP contribution < -0.4 is 10.6 Å². The number of rotatable bonds is 12. The smallest absolute Gasteiger partial charge is 0.325 e. The van der Waals surface area contributed by atoms with Crippen molar-refractivity contribution in [3.63, 3.8) is 0 Å². The number of ether oxygens (including phenoxy) is 1. The largest absolute Gasteiger partial charge is 0.480 e. The number of hydrogen-bond donors (Lipinski definition) is 3. The Kier molecular flexibility index (Phi) is 9.71. The van der Waals surface area contributed by atoms with Gasteiger partial charge in [-0.15, -0.1) is 0 Å². The van der Waals surface area contributed by atoms with Crippen molar-refractivity contribution in [2.24, 2.45) is 0 Å². The second kappa shape index (κ2) is 12.5. The predicted octanol–water partition coefficient (Wildman–Crippen LogP) is 2.34. The normalized spacial score (nSPS) is 13.6. The first-order chi connectivity index (χ1) is 14.9. The van der Waals surface area contributed by atoms with Crippen LogP contribution in [0, 0.1) is 0 Å². The average Bonchev–Trinajstić information content (AvgIpc) is 2.77. The third kappa shape index (κ3) is 8.22. The van der Waals surface area contributed by atoms with Crippen molar-refractivity contribution in [1.29, 1.82) is 0 Å². The third-order valence-corrected chi connectivity index (χ3v) is 4.87. The molecule has 0 aromatic heterocycles. The molecule has 3 atom stereocenters. The molecule has 0 heterocycles. The van der Waals surface area contributed by atoms with Crippen LogP contribution in [0.5, 0.6) is 0 Å². The molecule has 0 saturated heterocycles. The fraction of sp³-hybridized carbons (Fsp3) is 0.375. The van der Waals surface area contributed by atoms with Crippen LogP contribution in [0.15, 0.2) is 60.7 Å². The van der Waals surface area contributed by atoms with Crippen LogP contribution >= 0.6 is 0 Å². The Morgan fingerprint density at radius 3 is 2.06 bits per heavy atom. The first-order valence-corrected chi connectivity index (χ1v) is 10.4. The number of benzene rings is 2. The molecule has 0 aliphatic rings. The molecule has 1 unspecified atom stereocenters. The molecular formula is C24H30N2O5. The van der Waals surface area contributed by atoms with Crippen molar-refractivity contribution in [3.05, 3.63) is 71.8 Å². The second-order valence-electron chi connectivity index (χ2n) is 7.31. The quantitative estimate of drug-likeness (QED) is 0.450. The summed E-state index contributed by atoms with van der Waals surface area (Å²) in [4.78, 5) is 36.6. The number of carbonyl (C=O) groups is 3. The van der Waals surface area contributed by atoms with Crippen LogP contribution in [-0.2, 0) is 32.0 Å². The van der Waals surface area contributed by atoms with Gasteiger partial charge in [0.15, 0.2) is 0 Å². The molecule has 2 aromatic rings. The molecule has 7 heteroatoms. The number of aliphatic carboxylic acids is 1. The van der Waals surface area contributed by atoms with Gasteiger partial charge in [-0.1, -0.05) is 60.7 Å². The van der Waals surface area contributed by atoms with E-state index in [1.54, 1.807) is 6.92 Å². The Morgan fingerprint density at radius 2 is 1.52 bits per heavy atom. The summed E-state index contributed by atoms with van der Waals surface area (Å²) in [7, 11) is 0. The summed E-state index contributed by atoms with van der Waals surface area (Å²) in [5.41, 5.74) is 1.96. The van der Waals surface area contributed by atoms with Gasteiger partial charge in [0.25, 0.3) is 0 Å². The van der Waals surface area contributed by atoms with Gasteiger partial charge >= 0.3 is 11.9 Å². The maximum atomic E-state index is 12.9. The number of nitrogens with one attached hydrogen (secondary N) is 2. The molecule has 7 nitrogen and oxygen atoms in total. The van der Waals surface area contributed by atoms with Crippen LogP contribution in [0.2, 0.25) is 0 Å². The Hall–Kier alpha value is -3.19. The zero-order chi connectivity index (χ0) is 22.6. The van der Waals surface area contributed by atoms with Crippen molar-refractivity contribution < 1.29 is 24.2 Å². The summed E-state index contributed by atoms with van der Waals surface area (Å²) in [6.07, 6.45) is 1.37. The maximum Gasteiger partial charge on any atom is 0.325 e. The zero-order valence-electron chi connectivity index (χ0n) is 17.9. The third-order valence-electron chi connectivity index (χ3n) is 4.87. The highest BCUT2D eigenvalue weighted by atomic mass is 16.5. The average molecular weight is 427 g/mol. The van der Waals surface area contributed by atoms with Crippen LogP contribution in [0.4, 0.5) is 0 Å². The lowest BCUT2D eigenvalue weighted by Crippen LogP contribution is -2.54. The molecule has 3 N–H and O–H groups in total. The second-order valence-corrected chi connectivity index (χ2v) is 7.31. The summed E-state index contributed by atoms with van der Waals surface area (Å²) in [5, 5.41) is 14.8. The summed E-state index contributed by atoms with van der Waals surface area (Å²) >= 11 is 0. The molecule has 0 fully saturated rings. The Labute approximate surface area is 182 Å². The minimum atomic E-state index is -1.13. The summed E-state index contributed by atoms with van der Waals surface area (Å²) < 4.78 is 5.22. The standard InChI is InChI=1S/C24H30N2O5/c1-3-31-24(30)20(15-14-18-10-6-4-7-11-18)26-21(16-19-12-8-5-9-13-19)22(27)25-17(2)23(28)29/h4-13,17,20-21,26H,3,14-16H2,1-2H3,(H,25,27)(H,28,29)/t17-,20?,21+/m0/s1. The van der Waals surface area contributed by atoms with Crippen LogP contribution in [-0.4, -0.2) is 47.7 Å². The van der Waals surface area contributed by atoms with E-state index in [0.717, 1.165) is 11.1 Å². The molecule has 0 saturated carbocycles. The molecule has 0 radical (unpaired) electrons. The van der Waals surface area contributed by atoms with E-state index in [0.29, 0.717) is 19.3 Å². The van der Waals surface area contributed by atoms with Crippen molar-refractivity contribution >= 4 is 17.8 Å². The minimum absolute atomic E-state index is 0.230.